The SMILES string of the molecule is [Ce+3].[N-]=O.[NH-]O.[c-]1ccccc1. The Balaban J connectivity index is -0.000000114. The number of nitroso groups, excluding NO2 is 1. The summed E-state index contributed by atoms with van der Waals surface area (Å²) in [7, 11) is 0. The first-order chi connectivity index (χ1) is 5.00. The summed E-state index contributed by atoms with van der Waals surface area (Å²) in [6, 6.07) is 12.5. The topological polar surface area (TPSA) is 83.4 Å². The molecule has 0 aliphatic carbocycles. The van der Waals surface area contributed by atoms with Crippen LogP contribution >= 0.6 is 0 Å². The number of nitrogens with one attached hydrogen (secondary N) is 1. The van der Waals surface area contributed by atoms with Crippen LogP contribution < -0.4 is 0 Å². The third-order valence-corrected chi connectivity index (χ3v) is 0.607. The predicted octanol–water partition coefficient (Wildman–Crippen LogP) is 2.24. The average molecular weight is 279 g/mol. The monoisotopic (exact) mass is 279 g/mol. The van der Waals surface area contributed by atoms with E-state index in [9.17, 15) is 0 Å². The minimum Gasteiger partial charge on any atom is -0.577 e. The number of hydrogen-bond donors (Lipinski definition) is 1. The third-order valence-electron chi connectivity index (χ3n) is 0.607. The van der Waals surface area contributed by atoms with Gasteiger partial charge < -0.3 is 21.6 Å². The second-order valence-corrected chi connectivity index (χ2v) is 1.08. The molecule has 1 aromatic carbocycles. The van der Waals surface area contributed by atoms with Crippen LogP contribution in [0.3, 0.4) is 0 Å². The van der Waals surface area contributed by atoms with E-state index in [4.69, 9.17) is 21.6 Å². The predicted molar refractivity (Wildman–Crippen MR) is 38.1 cm³/mol. The summed E-state index contributed by atoms with van der Waals surface area (Å²) in [4.78, 5) is 7.25. The summed E-state index contributed by atoms with van der Waals surface area (Å²) < 4.78 is 0. The van der Waals surface area contributed by atoms with Crippen LogP contribution in [0.25, 0.3) is 11.5 Å². The van der Waals surface area contributed by atoms with Crippen molar-refractivity contribution in [3.8, 4) is 0 Å². The van der Waals surface area contributed by atoms with Crippen molar-refractivity contribution >= 4 is 0 Å². The van der Waals surface area contributed by atoms with Crippen molar-refractivity contribution in [3.05, 3.63) is 52.8 Å². The van der Waals surface area contributed by atoms with Crippen LogP contribution in [0.15, 0.2) is 30.3 Å². The molecule has 5 heteroatoms. The number of nitrogens with zero attached hydrogens (tertiary/aromatic N) is 1. The molecule has 0 heterocycles. The van der Waals surface area contributed by atoms with E-state index in [1.165, 1.54) is 0 Å². The van der Waals surface area contributed by atoms with Crippen molar-refractivity contribution < 1.29 is 47.0 Å². The first-order valence-electron chi connectivity index (χ1n) is 2.32. The second kappa shape index (κ2) is 22.5. The number of rotatable bonds is 0. The maximum absolute atomic E-state index is 7.25. The van der Waals surface area contributed by atoms with E-state index in [1.54, 1.807) is 0 Å². The Kier molecular flexibility index (Phi) is 35.3. The number of hydrogen-bond acceptors (Lipinski definition) is 2. The van der Waals surface area contributed by atoms with Crippen LogP contribution in [0, 0.1) is 52.7 Å². The van der Waals surface area contributed by atoms with Gasteiger partial charge in [-0.1, -0.05) is 0 Å². The summed E-state index contributed by atoms with van der Waals surface area (Å²) in [5, 5.41) is 6.25. The van der Waals surface area contributed by atoms with Gasteiger partial charge in [0, 0.05) is 0 Å². The molecule has 0 aliphatic heterocycles. The normalized spacial score (nSPS) is 5.27. The van der Waals surface area contributed by atoms with Gasteiger partial charge in [-0.25, -0.2) is 0 Å². The Morgan fingerprint density at radius 3 is 1.55 bits per heavy atom. The molecule has 0 aromatic heterocycles. The van der Waals surface area contributed by atoms with Crippen molar-refractivity contribution in [2.75, 3.05) is 0 Å². The van der Waals surface area contributed by atoms with Gasteiger partial charge in [-0.15, -0.1) is 0 Å². The van der Waals surface area contributed by atoms with E-state index in [-0.39, 0.29) is 41.7 Å². The molecule has 0 amide bonds. The summed E-state index contributed by atoms with van der Waals surface area (Å²) >= 11 is 0. The Hall–Kier alpha value is 0.117. The van der Waals surface area contributed by atoms with Gasteiger partial charge in [0.1, 0.15) is 0 Å². The van der Waals surface area contributed by atoms with E-state index in [2.05, 4.69) is 6.07 Å². The fourth-order valence-electron chi connectivity index (χ4n) is 0.342. The van der Waals surface area contributed by atoms with Gasteiger partial charge >= 0.3 is 41.7 Å². The molecule has 1 radical (unpaired) electrons. The third kappa shape index (κ3) is 17.8. The molecular formula is C6H7CeN2O2. The first kappa shape index (κ1) is 17.3. The molecular weight excluding hydrogens is 272 g/mol. The minimum atomic E-state index is 0. The molecule has 0 unspecified atom stereocenters. The fraction of sp³-hybridized carbons (Fsp3) is 0. The van der Waals surface area contributed by atoms with Gasteiger partial charge in [-0.2, -0.15) is 36.4 Å². The Bertz CT molecular complexity index is 101. The minimum absolute atomic E-state index is 0. The van der Waals surface area contributed by atoms with Crippen LogP contribution in [0.5, 0.6) is 0 Å². The molecule has 1 rings (SSSR count). The fourth-order valence-corrected chi connectivity index (χ4v) is 0.342. The molecule has 0 fully saturated rings. The van der Waals surface area contributed by atoms with Gasteiger partial charge in [0.05, 0.1) is 0 Å². The molecule has 11 heavy (non-hydrogen) atoms. The number of benzene rings is 1. The second-order valence-electron chi connectivity index (χ2n) is 1.08. The molecule has 0 spiro atoms. The van der Waals surface area contributed by atoms with Crippen LogP contribution in [0.4, 0.5) is 0 Å². The standard InChI is InChI=1S/C6H5.Ce.H2NO.NO/c1-2-4-6-5-3-1;;2*1-2/h1-5H;;1-2H;/q-1;+3;2*-1. The van der Waals surface area contributed by atoms with Crippen LogP contribution in [-0.2, 0) is 0 Å². The molecule has 2 N–H and O–H groups in total. The summed E-state index contributed by atoms with van der Waals surface area (Å²) in [5.41, 5.74) is 5.75. The molecule has 0 aliphatic rings. The van der Waals surface area contributed by atoms with E-state index in [1.807, 2.05) is 30.3 Å². The van der Waals surface area contributed by atoms with Crippen molar-refractivity contribution in [1.82, 2.24) is 0 Å². The average Bonchev–Trinajstić information content (AvgIpc) is 2.14. The van der Waals surface area contributed by atoms with E-state index < -0.39 is 0 Å². The van der Waals surface area contributed by atoms with Gasteiger partial charge in [0.2, 0.25) is 0 Å². The molecule has 1 aromatic rings. The van der Waals surface area contributed by atoms with E-state index >= 15 is 0 Å². The quantitative estimate of drug-likeness (QED) is 0.583. The smallest absolute Gasteiger partial charge is 0.577 e. The van der Waals surface area contributed by atoms with Gasteiger partial charge in [0.15, 0.2) is 0 Å². The van der Waals surface area contributed by atoms with Crippen LogP contribution in [0.2, 0.25) is 0 Å². The van der Waals surface area contributed by atoms with Gasteiger partial charge in [0.25, 0.3) is 0 Å². The summed E-state index contributed by atoms with van der Waals surface area (Å²) in [6.07, 6.45) is 0. The maximum Gasteiger partial charge on any atom is 3.00 e. The Morgan fingerprint density at radius 2 is 1.45 bits per heavy atom. The zero-order valence-electron chi connectivity index (χ0n) is 5.69. The Labute approximate surface area is 98.9 Å². The maximum atomic E-state index is 7.25. The summed E-state index contributed by atoms with van der Waals surface area (Å²) in [5.74, 6) is 4.75. The van der Waals surface area contributed by atoms with Gasteiger partial charge in [-0.3, -0.25) is 0 Å². The molecule has 0 saturated carbocycles. The largest absolute Gasteiger partial charge is 3.00 e. The van der Waals surface area contributed by atoms with E-state index in [0.29, 0.717) is 0 Å². The Morgan fingerprint density at radius 1 is 1.09 bits per heavy atom. The zero-order valence-corrected chi connectivity index (χ0v) is 8.83. The molecule has 0 saturated heterocycles. The molecule has 0 atom stereocenters. The van der Waals surface area contributed by atoms with Crippen LogP contribution in [-0.4, -0.2) is 5.21 Å². The summed E-state index contributed by atoms with van der Waals surface area (Å²) in [6.45, 7) is 0. The van der Waals surface area contributed by atoms with Crippen molar-refractivity contribution in [2.45, 2.75) is 0 Å². The van der Waals surface area contributed by atoms with Crippen molar-refractivity contribution in [3.63, 3.8) is 0 Å². The first-order valence-corrected chi connectivity index (χ1v) is 2.32. The zero-order chi connectivity index (χ0) is 8.24. The van der Waals surface area contributed by atoms with Crippen LogP contribution in [0.1, 0.15) is 0 Å². The molecule has 0 bridgehead atoms. The molecule has 4 nitrogen and oxygen atoms in total. The van der Waals surface area contributed by atoms with E-state index in [0.717, 1.165) is 0 Å². The van der Waals surface area contributed by atoms with Gasteiger partial charge in [-0.05, 0) is 0 Å². The molecule has 57 valence electrons. The van der Waals surface area contributed by atoms with Crippen molar-refractivity contribution in [2.24, 2.45) is 0 Å². The van der Waals surface area contributed by atoms with Crippen molar-refractivity contribution in [1.29, 1.82) is 0 Å².